The van der Waals surface area contributed by atoms with Gasteiger partial charge in [0.25, 0.3) is 11.1 Å². The molecule has 0 aromatic carbocycles. The molecular formula is C22H28N4O8S4. The number of fused-ring (bicyclic) bond motifs is 2. The van der Waals surface area contributed by atoms with Gasteiger partial charge in [-0.25, -0.2) is 9.59 Å². The SMILES string of the molecule is CC1(C)O[C@H]2[C@H](n3ccc(=O)[nH]c3=O)SSC[C@H]2O1.CC1(C)O[C@H]2[C@H](n3ccc(=O)[nH]c3=O)SSC[C@H]2O1. The van der Waals surface area contributed by atoms with E-state index >= 15 is 0 Å². The van der Waals surface area contributed by atoms with Gasteiger partial charge < -0.3 is 18.9 Å². The Labute approximate surface area is 232 Å². The molecule has 6 heterocycles. The largest absolute Gasteiger partial charge is 0.344 e. The van der Waals surface area contributed by atoms with E-state index in [1.807, 2.05) is 27.7 Å². The minimum Gasteiger partial charge on any atom is -0.344 e. The lowest BCUT2D eigenvalue weighted by Gasteiger charge is -2.30. The Bertz CT molecular complexity index is 1300. The van der Waals surface area contributed by atoms with E-state index in [4.69, 9.17) is 18.9 Å². The Morgan fingerprint density at radius 1 is 0.711 bits per heavy atom. The lowest BCUT2D eigenvalue weighted by Crippen LogP contribution is -2.41. The second kappa shape index (κ2) is 10.9. The lowest BCUT2D eigenvalue weighted by atomic mass is 10.2. The number of H-pyrrole nitrogens is 2. The number of aromatic amines is 2. The van der Waals surface area contributed by atoms with Crippen LogP contribution in [0, 0.1) is 0 Å². The third-order valence-corrected chi connectivity index (χ3v) is 11.5. The van der Waals surface area contributed by atoms with Crippen LogP contribution in [0.2, 0.25) is 0 Å². The Balaban J connectivity index is 0.000000155. The zero-order valence-electron chi connectivity index (χ0n) is 21.0. The van der Waals surface area contributed by atoms with Crippen molar-refractivity contribution in [2.45, 2.75) is 74.4 Å². The predicted molar refractivity (Wildman–Crippen MR) is 148 cm³/mol. The molecule has 2 aromatic rings. The van der Waals surface area contributed by atoms with Crippen molar-refractivity contribution in [3.63, 3.8) is 0 Å². The Morgan fingerprint density at radius 2 is 1.11 bits per heavy atom. The van der Waals surface area contributed by atoms with Gasteiger partial charge in [0.05, 0.1) is 12.2 Å². The van der Waals surface area contributed by atoms with Crippen LogP contribution in [0.1, 0.15) is 38.4 Å². The zero-order chi connectivity index (χ0) is 27.2. The second-order valence-corrected chi connectivity index (χ2v) is 14.9. The van der Waals surface area contributed by atoms with Gasteiger partial charge in [0.15, 0.2) is 11.6 Å². The number of hydrogen-bond donors (Lipinski definition) is 2. The standard InChI is InChI=1S/2C11H14N2O4S2/c2*1-11(2)16-6-5-18-19-9(8(6)17-11)13-4-3-7(14)12-10(13)15/h2*3-4,6,8-9H,5H2,1-2H3,(H,12,14,15)/t2*6-,8-,9-/m11/s1. The van der Waals surface area contributed by atoms with Gasteiger partial charge in [0, 0.05) is 36.0 Å². The first-order valence-electron chi connectivity index (χ1n) is 11.8. The molecule has 4 aliphatic heterocycles. The summed E-state index contributed by atoms with van der Waals surface area (Å²) >= 11 is 0. The molecule has 0 saturated carbocycles. The van der Waals surface area contributed by atoms with Gasteiger partial charge in [-0.3, -0.25) is 28.7 Å². The van der Waals surface area contributed by atoms with Gasteiger partial charge in [0.2, 0.25) is 0 Å². The molecule has 2 aromatic heterocycles. The minimum absolute atomic E-state index is 0.0370. The predicted octanol–water partition coefficient (Wildman–Crippen LogP) is 1.90. The Kier molecular flexibility index (Phi) is 8.05. The number of aromatic nitrogens is 4. The van der Waals surface area contributed by atoms with E-state index in [1.165, 1.54) is 33.7 Å². The quantitative estimate of drug-likeness (QED) is 0.483. The van der Waals surface area contributed by atoms with Gasteiger partial charge in [-0.05, 0) is 27.7 Å². The van der Waals surface area contributed by atoms with Crippen LogP contribution in [-0.4, -0.2) is 66.6 Å². The fraction of sp³-hybridized carbons (Fsp3) is 0.636. The van der Waals surface area contributed by atoms with Crippen LogP contribution in [0.25, 0.3) is 0 Å². The number of nitrogens with one attached hydrogen (secondary N) is 2. The molecule has 208 valence electrons. The van der Waals surface area contributed by atoms with Crippen LogP contribution < -0.4 is 22.5 Å². The van der Waals surface area contributed by atoms with Gasteiger partial charge >= 0.3 is 11.4 Å². The van der Waals surface area contributed by atoms with Crippen molar-refractivity contribution in [3.05, 3.63) is 66.2 Å². The highest BCUT2D eigenvalue weighted by Gasteiger charge is 2.49. The van der Waals surface area contributed by atoms with E-state index in [1.54, 1.807) is 43.2 Å². The fourth-order valence-corrected chi connectivity index (χ4v) is 10.3. The molecule has 6 atom stereocenters. The summed E-state index contributed by atoms with van der Waals surface area (Å²) in [5.41, 5.74) is -1.62. The molecule has 6 rings (SSSR count). The highest BCUT2D eigenvalue weighted by Crippen LogP contribution is 2.50. The van der Waals surface area contributed by atoms with Crippen molar-refractivity contribution < 1.29 is 18.9 Å². The van der Waals surface area contributed by atoms with Crippen molar-refractivity contribution in [2.24, 2.45) is 0 Å². The normalized spacial score (nSPS) is 33.1. The first-order chi connectivity index (χ1) is 17.9. The van der Waals surface area contributed by atoms with E-state index in [-0.39, 0.29) is 35.2 Å². The maximum absolute atomic E-state index is 11.9. The summed E-state index contributed by atoms with van der Waals surface area (Å²) in [6.07, 6.45) is 2.57. The number of ether oxygens (including phenoxy) is 4. The highest BCUT2D eigenvalue weighted by atomic mass is 33.1. The summed E-state index contributed by atoms with van der Waals surface area (Å²) in [6.45, 7) is 7.47. The summed E-state index contributed by atoms with van der Waals surface area (Å²) in [4.78, 5) is 50.5. The van der Waals surface area contributed by atoms with Crippen molar-refractivity contribution in [3.8, 4) is 0 Å². The molecule has 0 unspecified atom stereocenters. The highest BCUT2D eigenvalue weighted by molar-refractivity contribution is 8.77. The van der Waals surface area contributed by atoms with Crippen molar-refractivity contribution >= 4 is 43.2 Å². The van der Waals surface area contributed by atoms with Crippen LogP contribution >= 0.6 is 43.2 Å². The van der Waals surface area contributed by atoms with E-state index in [2.05, 4.69) is 9.97 Å². The Morgan fingerprint density at radius 3 is 1.47 bits per heavy atom. The molecule has 0 spiro atoms. The third-order valence-electron chi connectivity index (χ3n) is 6.05. The van der Waals surface area contributed by atoms with Crippen LogP contribution in [-0.2, 0) is 18.9 Å². The van der Waals surface area contributed by atoms with Gasteiger partial charge in [0.1, 0.15) is 23.0 Å². The summed E-state index contributed by atoms with van der Waals surface area (Å²) in [7, 11) is 6.43. The fourth-order valence-electron chi connectivity index (χ4n) is 4.59. The lowest BCUT2D eigenvalue weighted by molar-refractivity contribution is -0.146. The summed E-state index contributed by atoms with van der Waals surface area (Å²) in [6, 6.07) is 2.69. The molecule has 0 radical (unpaired) electrons. The summed E-state index contributed by atoms with van der Waals surface area (Å²) in [5, 5.41) is -0.398. The molecule has 0 aliphatic carbocycles. The summed E-state index contributed by atoms with van der Waals surface area (Å²) in [5.74, 6) is 0.385. The van der Waals surface area contributed by atoms with E-state index in [9.17, 15) is 19.2 Å². The van der Waals surface area contributed by atoms with Crippen molar-refractivity contribution in [1.82, 2.24) is 19.1 Å². The molecule has 0 bridgehead atoms. The van der Waals surface area contributed by atoms with E-state index < -0.39 is 34.1 Å². The van der Waals surface area contributed by atoms with Crippen molar-refractivity contribution in [1.29, 1.82) is 0 Å². The molecule has 16 heteroatoms. The van der Waals surface area contributed by atoms with E-state index in [0.717, 1.165) is 11.5 Å². The second-order valence-electron chi connectivity index (χ2n) is 9.85. The molecule has 2 N–H and O–H groups in total. The first-order valence-corrected chi connectivity index (χ1v) is 16.6. The summed E-state index contributed by atoms with van der Waals surface area (Å²) < 4.78 is 26.4. The molecule has 4 fully saturated rings. The van der Waals surface area contributed by atoms with E-state index in [0.29, 0.717) is 0 Å². The van der Waals surface area contributed by atoms with Crippen LogP contribution in [0.3, 0.4) is 0 Å². The van der Waals surface area contributed by atoms with Gasteiger partial charge in [-0.15, -0.1) is 0 Å². The van der Waals surface area contributed by atoms with Gasteiger partial charge in [-0.1, -0.05) is 43.2 Å². The molecule has 38 heavy (non-hydrogen) atoms. The average Bonchev–Trinajstić information content (AvgIpc) is 3.32. The Hall–Kier alpha value is -1.40. The maximum atomic E-state index is 11.9. The molecular weight excluding hydrogens is 577 g/mol. The zero-order valence-corrected chi connectivity index (χ0v) is 24.2. The van der Waals surface area contributed by atoms with Crippen LogP contribution in [0.5, 0.6) is 0 Å². The first kappa shape index (κ1) is 28.1. The number of nitrogens with zero attached hydrogens (tertiary/aromatic N) is 2. The minimum atomic E-state index is -0.634. The van der Waals surface area contributed by atoms with Gasteiger partial charge in [-0.2, -0.15) is 0 Å². The number of rotatable bonds is 2. The molecule has 12 nitrogen and oxygen atoms in total. The molecule has 4 aliphatic rings. The molecule has 0 amide bonds. The monoisotopic (exact) mass is 604 g/mol. The topological polar surface area (TPSA) is 147 Å². The average molecular weight is 605 g/mol. The number of hydrogen-bond acceptors (Lipinski definition) is 12. The van der Waals surface area contributed by atoms with Crippen LogP contribution in [0.15, 0.2) is 43.7 Å². The van der Waals surface area contributed by atoms with Crippen molar-refractivity contribution in [2.75, 3.05) is 11.5 Å². The molecule has 4 saturated heterocycles. The van der Waals surface area contributed by atoms with Crippen LogP contribution in [0.4, 0.5) is 0 Å². The third kappa shape index (κ3) is 6.01. The smallest absolute Gasteiger partial charge is 0.329 e. The maximum Gasteiger partial charge on any atom is 0.329 e.